The molecule has 0 spiro atoms. The summed E-state index contributed by atoms with van der Waals surface area (Å²) in [5, 5.41) is 10.4. The normalized spacial score (nSPS) is 38.8. The van der Waals surface area contributed by atoms with Crippen LogP contribution in [0.3, 0.4) is 0 Å². The zero-order valence-electron chi connectivity index (χ0n) is 5.75. The van der Waals surface area contributed by atoms with Crippen LogP contribution in [0.15, 0.2) is 0 Å². The predicted molar refractivity (Wildman–Crippen MR) is 36.0 cm³/mol. The van der Waals surface area contributed by atoms with E-state index >= 15 is 0 Å². The summed E-state index contributed by atoms with van der Waals surface area (Å²) in [5.74, 6) is 1.86. The van der Waals surface area contributed by atoms with Gasteiger partial charge in [0.2, 0.25) is 6.04 Å². The van der Waals surface area contributed by atoms with E-state index in [2.05, 4.69) is 0 Å². The largest absolute Gasteiger partial charge is 0.264 e. The summed E-state index contributed by atoms with van der Waals surface area (Å²) in [6.45, 7) is 0. The molecule has 2 aliphatic rings. The van der Waals surface area contributed by atoms with Gasteiger partial charge in [-0.05, 0) is 25.2 Å². The molecule has 2 fully saturated rings. The van der Waals surface area contributed by atoms with Crippen molar-refractivity contribution < 1.29 is 4.92 Å². The molecular weight excluding hydrogens is 130 g/mol. The minimum Gasteiger partial charge on any atom is -0.264 e. The van der Waals surface area contributed by atoms with Gasteiger partial charge in [-0.15, -0.1) is 0 Å². The molecule has 3 nitrogen and oxygen atoms in total. The van der Waals surface area contributed by atoms with E-state index < -0.39 is 0 Å². The van der Waals surface area contributed by atoms with Crippen molar-refractivity contribution in [3.63, 3.8) is 0 Å². The van der Waals surface area contributed by atoms with Gasteiger partial charge in [-0.2, -0.15) is 0 Å². The average Bonchev–Trinajstić information content (AvgIpc) is 2.44. The molecule has 10 heavy (non-hydrogen) atoms. The highest BCUT2D eigenvalue weighted by Gasteiger charge is 2.46. The van der Waals surface area contributed by atoms with Crippen LogP contribution in [0.5, 0.6) is 0 Å². The van der Waals surface area contributed by atoms with Crippen LogP contribution >= 0.6 is 0 Å². The van der Waals surface area contributed by atoms with E-state index in [9.17, 15) is 10.1 Å². The lowest BCUT2D eigenvalue weighted by Crippen LogP contribution is -2.24. The van der Waals surface area contributed by atoms with E-state index in [1.807, 2.05) is 0 Å². The second-order valence-corrected chi connectivity index (χ2v) is 3.30. The van der Waals surface area contributed by atoms with Gasteiger partial charge in [0.25, 0.3) is 0 Å². The van der Waals surface area contributed by atoms with Gasteiger partial charge in [-0.25, -0.2) is 0 Å². The second-order valence-electron chi connectivity index (χ2n) is 3.30. The summed E-state index contributed by atoms with van der Waals surface area (Å²) in [6, 6.07) is -0.265. The molecule has 0 aromatic heterocycles. The molecule has 2 atom stereocenters. The third kappa shape index (κ3) is 0.728. The van der Waals surface area contributed by atoms with Gasteiger partial charge in [-0.1, -0.05) is 0 Å². The van der Waals surface area contributed by atoms with E-state index in [-0.39, 0.29) is 11.0 Å². The fourth-order valence-corrected chi connectivity index (χ4v) is 2.19. The van der Waals surface area contributed by atoms with Gasteiger partial charge >= 0.3 is 0 Å². The van der Waals surface area contributed by atoms with Crippen molar-refractivity contribution in [2.75, 3.05) is 0 Å². The van der Waals surface area contributed by atoms with Gasteiger partial charge in [0, 0.05) is 11.3 Å². The van der Waals surface area contributed by atoms with E-state index in [1.165, 1.54) is 12.3 Å². The Labute approximate surface area is 59.6 Å². The third-order valence-electron chi connectivity index (χ3n) is 2.71. The number of fused-ring (bicyclic) bond motifs is 2. The summed E-state index contributed by atoms with van der Waals surface area (Å²) in [7, 11) is 0. The Kier molecular flexibility index (Phi) is 1.19. The molecule has 0 aromatic carbocycles. The monoisotopic (exact) mass is 140 g/mol. The Balaban J connectivity index is 2.08. The highest BCUT2D eigenvalue weighted by Crippen LogP contribution is 2.46. The summed E-state index contributed by atoms with van der Waals surface area (Å²) >= 11 is 0. The quantitative estimate of drug-likeness (QED) is 0.408. The Morgan fingerprint density at radius 2 is 2.40 bits per heavy atom. The molecule has 0 saturated heterocycles. The molecule has 2 rings (SSSR count). The molecule has 55 valence electrons. The topological polar surface area (TPSA) is 43.1 Å². The molecule has 3 heteroatoms. The standard InChI is InChI=1S/C7H10NO2/c9-8(10)7-4-5-1-2-6(7)3-5/h5,7H,1-4H2. The summed E-state index contributed by atoms with van der Waals surface area (Å²) in [6.07, 6.45) is 4.10. The first-order valence-corrected chi connectivity index (χ1v) is 3.75. The molecule has 0 aromatic rings. The van der Waals surface area contributed by atoms with Crippen molar-refractivity contribution in [1.29, 1.82) is 0 Å². The molecule has 0 N–H and O–H groups in total. The maximum absolute atomic E-state index is 10.4. The third-order valence-corrected chi connectivity index (χ3v) is 2.71. The molecule has 2 saturated carbocycles. The van der Waals surface area contributed by atoms with Crippen LogP contribution in [0.1, 0.15) is 25.7 Å². The van der Waals surface area contributed by atoms with Crippen LogP contribution in [0.4, 0.5) is 0 Å². The Morgan fingerprint density at radius 3 is 2.70 bits per heavy atom. The SMILES string of the molecule is O=[N+]([O-])C1CC2CC[C]1C2. The van der Waals surface area contributed by atoms with E-state index in [1.54, 1.807) is 0 Å². The minimum atomic E-state index is -0.265. The zero-order valence-corrected chi connectivity index (χ0v) is 5.75. The van der Waals surface area contributed by atoms with Gasteiger partial charge in [0.05, 0.1) is 5.92 Å². The first kappa shape index (κ1) is 6.13. The van der Waals surface area contributed by atoms with Gasteiger partial charge in [0.1, 0.15) is 0 Å². The Hall–Kier alpha value is -0.600. The van der Waals surface area contributed by atoms with E-state index in [0.717, 1.165) is 19.3 Å². The predicted octanol–water partition coefficient (Wildman–Crippen LogP) is 1.41. The lowest BCUT2D eigenvalue weighted by Gasteiger charge is -2.12. The zero-order chi connectivity index (χ0) is 7.14. The number of hydrogen-bond donors (Lipinski definition) is 0. The number of rotatable bonds is 1. The van der Waals surface area contributed by atoms with Gasteiger partial charge in [0.15, 0.2) is 0 Å². The van der Waals surface area contributed by atoms with Gasteiger partial charge in [-0.3, -0.25) is 10.1 Å². The fraction of sp³-hybridized carbons (Fsp3) is 0.857. The average molecular weight is 140 g/mol. The number of nitrogens with zero attached hydrogens (tertiary/aromatic N) is 1. The number of nitro groups is 1. The molecule has 2 bridgehead atoms. The minimum absolute atomic E-state index is 0.117. The molecular formula is C7H10NO2. The van der Waals surface area contributed by atoms with Crippen LogP contribution in [-0.4, -0.2) is 11.0 Å². The maximum atomic E-state index is 10.4. The van der Waals surface area contributed by atoms with Crippen molar-refractivity contribution in [3.8, 4) is 0 Å². The highest BCUT2D eigenvalue weighted by atomic mass is 16.6. The number of hydrogen-bond acceptors (Lipinski definition) is 2. The summed E-state index contributed by atoms with van der Waals surface area (Å²) < 4.78 is 0. The smallest absolute Gasteiger partial charge is 0.219 e. The van der Waals surface area contributed by atoms with Crippen LogP contribution in [0.2, 0.25) is 0 Å². The van der Waals surface area contributed by atoms with Crippen molar-refractivity contribution in [2.45, 2.75) is 31.7 Å². The van der Waals surface area contributed by atoms with E-state index in [4.69, 9.17) is 0 Å². The van der Waals surface area contributed by atoms with Crippen LogP contribution in [-0.2, 0) is 0 Å². The van der Waals surface area contributed by atoms with Crippen LogP contribution < -0.4 is 0 Å². The fourth-order valence-electron chi connectivity index (χ4n) is 2.19. The second kappa shape index (κ2) is 1.94. The first-order valence-electron chi connectivity index (χ1n) is 3.75. The Bertz CT molecular complexity index is 169. The highest BCUT2D eigenvalue weighted by molar-refractivity contribution is 5.11. The van der Waals surface area contributed by atoms with Crippen molar-refractivity contribution >= 4 is 0 Å². The van der Waals surface area contributed by atoms with Crippen LogP contribution in [0, 0.1) is 22.0 Å². The van der Waals surface area contributed by atoms with Crippen molar-refractivity contribution in [2.24, 2.45) is 5.92 Å². The molecule has 0 aliphatic heterocycles. The van der Waals surface area contributed by atoms with Crippen molar-refractivity contribution in [1.82, 2.24) is 0 Å². The lowest BCUT2D eigenvalue weighted by atomic mass is 9.96. The maximum Gasteiger partial charge on any atom is 0.219 e. The molecule has 2 aliphatic carbocycles. The summed E-state index contributed by atoms with van der Waals surface area (Å²) in [4.78, 5) is 10.3. The first-order chi connectivity index (χ1) is 4.77. The lowest BCUT2D eigenvalue weighted by molar-refractivity contribution is -0.517. The molecule has 2 unspecified atom stereocenters. The summed E-state index contributed by atoms with van der Waals surface area (Å²) in [5.41, 5.74) is 0. The molecule has 1 radical (unpaired) electrons. The Morgan fingerprint density at radius 1 is 1.60 bits per heavy atom. The van der Waals surface area contributed by atoms with Crippen LogP contribution in [0.25, 0.3) is 0 Å². The molecule has 0 heterocycles. The van der Waals surface area contributed by atoms with Gasteiger partial charge < -0.3 is 0 Å². The molecule has 0 amide bonds. The van der Waals surface area contributed by atoms with Crippen molar-refractivity contribution in [3.05, 3.63) is 16.0 Å². The van der Waals surface area contributed by atoms with E-state index in [0.29, 0.717) is 5.92 Å².